The zero-order valence-electron chi connectivity index (χ0n) is 14.3. The summed E-state index contributed by atoms with van der Waals surface area (Å²) >= 11 is 0. The highest BCUT2D eigenvalue weighted by Crippen LogP contribution is 2.27. The summed E-state index contributed by atoms with van der Waals surface area (Å²) in [6, 6.07) is 10.2. The molecule has 0 bridgehead atoms. The van der Waals surface area contributed by atoms with Crippen LogP contribution in [-0.2, 0) is 4.74 Å². The van der Waals surface area contributed by atoms with E-state index in [0.29, 0.717) is 18.1 Å². The SMILES string of the molecule is CO[C@H]1C[C@@H](Nc2ncc3c(-c4ccc5ncccc5n4)ccn3n2)C1. The van der Waals surface area contributed by atoms with E-state index in [-0.39, 0.29) is 0 Å². The zero-order chi connectivity index (χ0) is 17.5. The van der Waals surface area contributed by atoms with E-state index < -0.39 is 0 Å². The van der Waals surface area contributed by atoms with Crippen LogP contribution < -0.4 is 5.32 Å². The first kappa shape index (κ1) is 15.2. The Hall–Kier alpha value is -3.06. The number of hydrogen-bond donors (Lipinski definition) is 1. The number of methoxy groups -OCH3 is 1. The van der Waals surface area contributed by atoms with Crippen LogP contribution >= 0.6 is 0 Å². The highest BCUT2D eigenvalue weighted by molar-refractivity contribution is 5.83. The number of anilines is 1. The van der Waals surface area contributed by atoms with Crippen molar-refractivity contribution in [3.05, 3.63) is 48.9 Å². The second kappa shape index (κ2) is 6.03. The Morgan fingerprint density at radius 1 is 1.12 bits per heavy atom. The molecule has 1 aliphatic carbocycles. The summed E-state index contributed by atoms with van der Waals surface area (Å²) in [7, 11) is 1.75. The van der Waals surface area contributed by atoms with Crippen LogP contribution in [0.1, 0.15) is 12.8 Å². The maximum absolute atomic E-state index is 5.31. The molecule has 7 heteroatoms. The molecule has 1 saturated carbocycles. The average Bonchev–Trinajstić information content (AvgIpc) is 3.07. The molecule has 0 aliphatic heterocycles. The van der Waals surface area contributed by atoms with Gasteiger partial charge in [0.2, 0.25) is 5.95 Å². The summed E-state index contributed by atoms with van der Waals surface area (Å²) in [6.07, 6.45) is 7.88. The van der Waals surface area contributed by atoms with Gasteiger partial charge in [0.1, 0.15) is 0 Å². The van der Waals surface area contributed by atoms with E-state index in [9.17, 15) is 0 Å². The second-order valence-electron chi connectivity index (χ2n) is 6.55. The molecule has 5 rings (SSSR count). The molecule has 1 fully saturated rings. The standard InChI is InChI=1S/C19H18N6O/c1-26-13-9-12(10-13)22-19-21-11-18-14(6-8-25(18)24-19)15-4-5-16-17(23-15)3-2-7-20-16/h2-8,11-13H,9-10H2,1H3,(H,22,24)/t12-,13+. The van der Waals surface area contributed by atoms with Gasteiger partial charge in [0.25, 0.3) is 0 Å². The first-order chi connectivity index (χ1) is 12.8. The van der Waals surface area contributed by atoms with Gasteiger partial charge in [-0.15, -0.1) is 5.10 Å². The summed E-state index contributed by atoms with van der Waals surface area (Å²) in [5, 5.41) is 7.93. The molecule has 4 aromatic heterocycles. The van der Waals surface area contributed by atoms with Crippen molar-refractivity contribution in [1.29, 1.82) is 0 Å². The predicted octanol–water partition coefficient (Wildman–Crippen LogP) is 2.93. The van der Waals surface area contributed by atoms with Crippen LogP contribution in [0.5, 0.6) is 0 Å². The fourth-order valence-electron chi connectivity index (χ4n) is 3.35. The van der Waals surface area contributed by atoms with E-state index in [1.807, 2.05) is 47.2 Å². The summed E-state index contributed by atoms with van der Waals surface area (Å²) in [5.41, 5.74) is 4.58. The Balaban J connectivity index is 1.45. The fraction of sp³-hybridized carbons (Fsp3) is 0.263. The van der Waals surface area contributed by atoms with Crippen LogP contribution in [0.25, 0.3) is 27.8 Å². The molecule has 0 amide bonds. The van der Waals surface area contributed by atoms with Gasteiger partial charge in [0.05, 0.1) is 34.5 Å². The van der Waals surface area contributed by atoms with Crippen molar-refractivity contribution >= 4 is 22.5 Å². The van der Waals surface area contributed by atoms with E-state index in [1.54, 1.807) is 13.3 Å². The number of rotatable bonds is 4. The van der Waals surface area contributed by atoms with Crippen molar-refractivity contribution in [3.8, 4) is 11.3 Å². The molecule has 0 saturated heterocycles. The van der Waals surface area contributed by atoms with E-state index in [2.05, 4.69) is 20.4 Å². The lowest BCUT2D eigenvalue weighted by Gasteiger charge is -2.34. The summed E-state index contributed by atoms with van der Waals surface area (Å²) < 4.78 is 7.15. The fourth-order valence-corrected chi connectivity index (χ4v) is 3.35. The number of pyridine rings is 2. The minimum absolute atomic E-state index is 0.350. The molecule has 0 unspecified atom stereocenters. The van der Waals surface area contributed by atoms with E-state index >= 15 is 0 Å². The van der Waals surface area contributed by atoms with Gasteiger partial charge in [-0.3, -0.25) is 4.98 Å². The average molecular weight is 346 g/mol. The lowest BCUT2D eigenvalue weighted by Crippen LogP contribution is -2.40. The molecule has 7 nitrogen and oxygen atoms in total. The smallest absolute Gasteiger partial charge is 0.241 e. The van der Waals surface area contributed by atoms with Crippen LogP contribution in [0.2, 0.25) is 0 Å². The van der Waals surface area contributed by atoms with Crippen molar-refractivity contribution in [1.82, 2.24) is 24.6 Å². The number of nitrogens with zero attached hydrogens (tertiary/aromatic N) is 5. The Bertz CT molecular complexity index is 1090. The normalized spacial score (nSPS) is 19.6. The van der Waals surface area contributed by atoms with Gasteiger partial charge in [-0.1, -0.05) is 0 Å². The van der Waals surface area contributed by atoms with Gasteiger partial charge < -0.3 is 10.1 Å². The topological polar surface area (TPSA) is 77.2 Å². The Morgan fingerprint density at radius 2 is 2.04 bits per heavy atom. The Kier molecular flexibility index (Phi) is 3.53. The molecule has 26 heavy (non-hydrogen) atoms. The number of hydrogen-bond acceptors (Lipinski definition) is 6. The maximum Gasteiger partial charge on any atom is 0.241 e. The van der Waals surface area contributed by atoms with Crippen molar-refractivity contribution in [2.75, 3.05) is 12.4 Å². The number of nitrogens with one attached hydrogen (secondary N) is 1. The lowest BCUT2D eigenvalue weighted by molar-refractivity contribution is 0.0326. The van der Waals surface area contributed by atoms with Crippen LogP contribution in [0, 0.1) is 0 Å². The highest BCUT2D eigenvalue weighted by Gasteiger charge is 2.29. The minimum atomic E-state index is 0.350. The Morgan fingerprint density at radius 3 is 2.92 bits per heavy atom. The molecule has 0 radical (unpaired) electrons. The van der Waals surface area contributed by atoms with Gasteiger partial charge in [-0.2, -0.15) is 0 Å². The Labute approximate surface area is 150 Å². The first-order valence-electron chi connectivity index (χ1n) is 8.66. The van der Waals surface area contributed by atoms with Crippen molar-refractivity contribution in [3.63, 3.8) is 0 Å². The molecule has 4 heterocycles. The largest absolute Gasteiger partial charge is 0.381 e. The van der Waals surface area contributed by atoms with Gasteiger partial charge in [0.15, 0.2) is 0 Å². The lowest BCUT2D eigenvalue weighted by atomic mass is 9.89. The van der Waals surface area contributed by atoms with Gasteiger partial charge in [-0.25, -0.2) is 14.5 Å². The number of aromatic nitrogens is 5. The van der Waals surface area contributed by atoms with Crippen molar-refractivity contribution < 1.29 is 4.74 Å². The molecular weight excluding hydrogens is 328 g/mol. The van der Waals surface area contributed by atoms with Gasteiger partial charge >= 0.3 is 0 Å². The monoisotopic (exact) mass is 346 g/mol. The third-order valence-corrected chi connectivity index (χ3v) is 4.91. The van der Waals surface area contributed by atoms with Crippen LogP contribution in [-0.4, -0.2) is 43.8 Å². The van der Waals surface area contributed by atoms with Gasteiger partial charge in [0, 0.05) is 31.1 Å². The summed E-state index contributed by atoms with van der Waals surface area (Å²) in [6.45, 7) is 0. The van der Waals surface area contributed by atoms with Crippen LogP contribution in [0.4, 0.5) is 5.95 Å². The van der Waals surface area contributed by atoms with E-state index in [0.717, 1.165) is 40.6 Å². The minimum Gasteiger partial charge on any atom is -0.381 e. The van der Waals surface area contributed by atoms with E-state index in [1.165, 1.54) is 0 Å². The number of ether oxygens (including phenoxy) is 1. The third kappa shape index (κ3) is 2.57. The third-order valence-electron chi connectivity index (χ3n) is 4.91. The summed E-state index contributed by atoms with van der Waals surface area (Å²) in [5.74, 6) is 0.634. The molecule has 130 valence electrons. The number of fused-ring (bicyclic) bond motifs is 2. The molecular formula is C19H18N6O. The van der Waals surface area contributed by atoms with E-state index in [4.69, 9.17) is 9.72 Å². The molecule has 0 spiro atoms. The van der Waals surface area contributed by atoms with Crippen LogP contribution in [0.15, 0.2) is 48.9 Å². The molecule has 1 aliphatic rings. The summed E-state index contributed by atoms with van der Waals surface area (Å²) in [4.78, 5) is 13.5. The maximum atomic E-state index is 5.31. The van der Waals surface area contributed by atoms with Gasteiger partial charge in [-0.05, 0) is 43.2 Å². The van der Waals surface area contributed by atoms with Crippen LogP contribution in [0.3, 0.4) is 0 Å². The molecule has 0 aromatic carbocycles. The molecule has 0 atom stereocenters. The highest BCUT2D eigenvalue weighted by atomic mass is 16.5. The first-order valence-corrected chi connectivity index (χ1v) is 8.66. The van der Waals surface area contributed by atoms with Crippen molar-refractivity contribution in [2.24, 2.45) is 0 Å². The predicted molar refractivity (Wildman–Crippen MR) is 99.0 cm³/mol. The second-order valence-corrected chi connectivity index (χ2v) is 6.55. The molecule has 1 N–H and O–H groups in total. The quantitative estimate of drug-likeness (QED) is 0.612. The van der Waals surface area contributed by atoms with Crippen molar-refractivity contribution in [2.45, 2.75) is 25.0 Å². The molecule has 4 aromatic rings. The zero-order valence-corrected chi connectivity index (χ0v) is 14.3.